The Morgan fingerprint density at radius 2 is 1.63 bits per heavy atom. The van der Waals surface area contributed by atoms with Crippen LogP contribution in [0.4, 0.5) is 14.5 Å². The Morgan fingerprint density at radius 1 is 0.942 bits per heavy atom. The summed E-state index contributed by atoms with van der Waals surface area (Å²) in [6, 6.07) is 7.46. The highest BCUT2D eigenvalue weighted by molar-refractivity contribution is 7.07. The summed E-state index contributed by atoms with van der Waals surface area (Å²) >= 11 is 7.91. The number of piperidine rings is 1. The summed E-state index contributed by atoms with van der Waals surface area (Å²) in [7, 11) is 5.90. The Morgan fingerprint density at radius 3 is 2.33 bits per heavy atom. The minimum atomic E-state index is -1.11. The molecule has 3 amide bonds. The number of nitrogens with one attached hydrogen (secondary N) is 2. The van der Waals surface area contributed by atoms with Gasteiger partial charge in [0.1, 0.15) is 0 Å². The molecule has 7 rings (SSSR count). The van der Waals surface area contributed by atoms with Crippen molar-refractivity contribution in [3.63, 3.8) is 0 Å². The van der Waals surface area contributed by atoms with Gasteiger partial charge in [0.05, 0.1) is 72.8 Å². The number of aromatic amines is 1. The number of imidazole rings is 1. The van der Waals surface area contributed by atoms with Crippen LogP contribution in [0.3, 0.4) is 0 Å². The highest BCUT2D eigenvalue weighted by Gasteiger charge is 2.35. The number of hydrogen-bond donors (Lipinski definition) is 2. The molecule has 2 saturated heterocycles. The van der Waals surface area contributed by atoms with E-state index in [4.69, 9.17) is 11.6 Å². The minimum absolute atomic E-state index is 0.00714. The van der Waals surface area contributed by atoms with Crippen molar-refractivity contribution in [3.05, 3.63) is 81.7 Å². The first-order valence-corrected chi connectivity index (χ1v) is 18.2. The SMILES string of the molecule is Cn1c(-c2ccc(-c3cn[nH]c3-c3cscn3)c(F)c2F)cnc1C(=O)Nc1ccc(C(=O)N2CCN(C(=O)C3CC[N+](C)(C)CC3)CC2)c(Cl)c1. The molecule has 52 heavy (non-hydrogen) atoms. The molecule has 0 aliphatic carbocycles. The van der Waals surface area contributed by atoms with E-state index in [1.165, 1.54) is 53.5 Å². The fourth-order valence-corrected chi connectivity index (χ4v) is 7.68. The van der Waals surface area contributed by atoms with Gasteiger partial charge in [-0.05, 0) is 24.3 Å². The second kappa shape index (κ2) is 14.2. The molecule has 16 heteroatoms. The molecule has 5 heterocycles. The number of piperazine rings is 1. The average Bonchev–Trinajstić information content (AvgIpc) is 3.91. The number of benzene rings is 2. The number of halogens is 3. The van der Waals surface area contributed by atoms with Crippen LogP contribution >= 0.6 is 22.9 Å². The molecule has 0 spiro atoms. The Bertz CT molecular complexity index is 2150. The lowest BCUT2D eigenvalue weighted by atomic mass is 9.94. The Labute approximate surface area is 307 Å². The van der Waals surface area contributed by atoms with Gasteiger partial charge in [-0.1, -0.05) is 17.7 Å². The molecule has 3 aromatic heterocycles. The predicted molar refractivity (Wildman–Crippen MR) is 194 cm³/mol. The maximum absolute atomic E-state index is 15.6. The molecular weight excluding hydrogens is 712 g/mol. The third kappa shape index (κ3) is 6.83. The van der Waals surface area contributed by atoms with Crippen molar-refractivity contribution in [1.82, 2.24) is 34.5 Å². The number of aromatic nitrogens is 5. The van der Waals surface area contributed by atoms with E-state index in [-0.39, 0.29) is 51.0 Å². The van der Waals surface area contributed by atoms with E-state index in [2.05, 4.69) is 39.6 Å². The van der Waals surface area contributed by atoms with Gasteiger partial charge in [-0.25, -0.2) is 18.7 Å². The predicted octanol–water partition coefficient (Wildman–Crippen LogP) is 5.56. The van der Waals surface area contributed by atoms with Crippen LogP contribution in [0.1, 0.15) is 33.8 Å². The van der Waals surface area contributed by atoms with Gasteiger partial charge in [-0.3, -0.25) is 19.5 Å². The molecule has 2 aliphatic heterocycles. The zero-order valence-electron chi connectivity index (χ0n) is 28.8. The fourth-order valence-electron chi connectivity index (χ4n) is 6.87. The molecule has 0 unspecified atom stereocenters. The minimum Gasteiger partial charge on any atom is -0.339 e. The summed E-state index contributed by atoms with van der Waals surface area (Å²) in [5.41, 5.74) is 3.73. The van der Waals surface area contributed by atoms with Crippen LogP contribution in [0.2, 0.25) is 5.02 Å². The average molecular weight is 749 g/mol. The smallest absolute Gasteiger partial charge is 0.291 e. The summed E-state index contributed by atoms with van der Waals surface area (Å²) < 4.78 is 33.4. The molecule has 2 aliphatic rings. The second-order valence-corrected chi connectivity index (χ2v) is 14.9. The first-order chi connectivity index (χ1) is 24.9. The highest BCUT2D eigenvalue weighted by atomic mass is 35.5. The number of rotatable bonds is 7. The van der Waals surface area contributed by atoms with Crippen molar-refractivity contribution >= 4 is 46.3 Å². The van der Waals surface area contributed by atoms with Crippen molar-refractivity contribution in [1.29, 1.82) is 0 Å². The zero-order chi connectivity index (χ0) is 36.7. The topological polar surface area (TPSA) is 129 Å². The molecule has 5 aromatic rings. The number of hydrogen-bond acceptors (Lipinski definition) is 7. The number of carbonyl (C=O) groups excluding carboxylic acids is 3. The largest absolute Gasteiger partial charge is 0.339 e. The van der Waals surface area contributed by atoms with Gasteiger partial charge in [0.25, 0.3) is 11.8 Å². The number of likely N-dealkylation sites (tertiary alicyclic amines) is 1. The second-order valence-electron chi connectivity index (χ2n) is 13.8. The van der Waals surface area contributed by atoms with Crippen LogP contribution in [0.15, 0.2) is 53.6 Å². The number of carbonyl (C=O) groups is 3. The fraction of sp³-hybridized carbons (Fsp3) is 0.333. The molecule has 0 saturated carbocycles. The molecule has 12 nitrogen and oxygen atoms in total. The van der Waals surface area contributed by atoms with Crippen LogP contribution in [-0.2, 0) is 11.8 Å². The van der Waals surface area contributed by atoms with Gasteiger partial charge in [-0.15, -0.1) is 11.3 Å². The van der Waals surface area contributed by atoms with E-state index in [1.807, 2.05) is 4.90 Å². The molecule has 0 radical (unpaired) electrons. The molecule has 0 atom stereocenters. The van der Waals surface area contributed by atoms with Crippen LogP contribution < -0.4 is 5.32 Å². The van der Waals surface area contributed by atoms with E-state index in [0.29, 0.717) is 48.8 Å². The molecular formula is C36H37ClF2N9O3S+. The zero-order valence-corrected chi connectivity index (χ0v) is 30.4. The molecule has 270 valence electrons. The van der Waals surface area contributed by atoms with Crippen molar-refractivity contribution in [2.75, 3.05) is 58.7 Å². The van der Waals surface area contributed by atoms with Gasteiger partial charge in [0, 0.05) is 79.7 Å². The molecule has 0 bridgehead atoms. The number of anilines is 1. The van der Waals surface area contributed by atoms with E-state index >= 15 is 8.78 Å². The third-order valence-corrected chi connectivity index (χ3v) is 10.9. The van der Waals surface area contributed by atoms with Crippen LogP contribution in [0.25, 0.3) is 33.8 Å². The van der Waals surface area contributed by atoms with Gasteiger partial charge >= 0.3 is 0 Å². The summed E-state index contributed by atoms with van der Waals surface area (Å²) in [6.07, 6.45) is 4.46. The van der Waals surface area contributed by atoms with Gasteiger partial charge in [0.15, 0.2) is 17.5 Å². The van der Waals surface area contributed by atoms with Crippen LogP contribution in [-0.4, -0.2) is 110 Å². The van der Waals surface area contributed by atoms with E-state index in [0.717, 1.165) is 30.4 Å². The lowest BCUT2D eigenvalue weighted by Crippen LogP contribution is -2.54. The van der Waals surface area contributed by atoms with Crippen molar-refractivity contribution in [2.45, 2.75) is 12.8 Å². The molecule has 2 aromatic carbocycles. The standard InChI is InChI=1S/C36H36ClF2N9O3S/c1-45-29(25-7-6-23(30(38)31(25)39)26-17-42-44-32(26)28-19-52-20-41-28)18-40-33(45)34(49)43-22-4-5-24(27(37)16-22)36(51)47-12-10-46(11-13-47)35(50)21-8-14-48(2,3)15-9-21/h4-7,16-21H,8-15H2,1-3H3,(H-,42,43,44,49,51)/p+1. The number of thiazole rings is 1. The number of nitrogens with zero attached hydrogens (tertiary/aromatic N) is 7. The normalized spacial score (nSPS) is 16.3. The highest BCUT2D eigenvalue weighted by Crippen LogP contribution is 2.36. The Balaban J connectivity index is 0.994. The van der Waals surface area contributed by atoms with Gasteiger partial charge in [0.2, 0.25) is 5.91 Å². The third-order valence-electron chi connectivity index (χ3n) is 10.0. The van der Waals surface area contributed by atoms with Gasteiger partial charge < -0.3 is 24.2 Å². The van der Waals surface area contributed by atoms with Crippen molar-refractivity contribution in [2.24, 2.45) is 13.0 Å². The Hall–Kier alpha value is -4.99. The monoisotopic (exact) mass is 748 g/mol. The summed E-state index contributed by atoms with van der Waals surface area (Å²) in [5.74, 6) is -2.90. The lowest BCUT2D eigenvalue weighted by Gasteiger charge is -2.40. The first kappa shape index (κ1) is 35.4. The number of amides is 3. The quantitative estimate of drug-likeness (QED) is 0.210. The summed E-state index contributed by atoms with van der Waals surface area (Å²) in [4.78, 5) is 51.7. The first-order valence-electron chi connectivity index (χ1n) is 16.8. The van der Waals surface area contributed by atoms with Gasteiger partial charge in [-0.2, -0.15) is 5.10 Å². The maximum atomic E-state index is 15.6. The summed E-state index contributed by atoms with van der Waals surface area (Å²) in [6.45, 7) is 3.70. The molecule has 2 N–H and O–H groups in total. The van der Waals surface area contributed by atoms with E-state index < -0.39 is 17.5 Å². The van der Waals surface area contributed by atoms with E-state index in [9.17, 15) is 14.4 Å². The molecule has 2 fully saturated rings. The lowest BCUT2D eigenvalue weighted by molar-refractivity contribution is -0.895. The van der Waals surface area contributed by atoms with Crippen molar-refractivity contribution in [3.8, 4) is 33.8 Å². The van der Waals surface area contributed by atoms with Crippen LogP contribution in [0, 0.1) is 17.6 Å². The summed E-state index contributed by atoms with van der Waals surface area (Å²) in [5, 5.41) is 11.4. The van der Waals surface area contributed by atoms with E-state index in [1.54, 1.807) is 27.9 Å². The number of quaternary nitrogens is 1. The number of H-pyrrole nitrogens is 1. The van der Waals surface area contributed by atoms with Crippen molar-refractivity contribution < 1.29 is 27.6 Å². The Kier molecular flexibility index (Phi) is 9.67. The van der Waals surface area contributed by atoms with Crippen LogP contribution in [0.5, 0.6) is 0 Å². The maximum Gasteiger partial charge on any atom is 0.291 e.